The second-order valence-corrected chi connectivity index (χ2v) is 4.82. The molecule has 3 aromatic rings. The van der Waals surface area contributed by atoms with Gasteiger partial charge in [0.15, 0.2) is 23.1 Å². The first-order valence-electron chi connectivity index (χ1n) is 7.77. The van der Waals surface area contributed by atoms with Gasteiger partial charge in [0.2, 0.25) is 0 Å². The van der Waals surface area contributed by atoms with Gasteiger partial charge in [0, 0.05) is 23.7 Å². The van der Waals surface area contributed by atoms with E-state index in [0.717, 1.165) is 12.1 Å². The van der Waals surface area contributed by atoms with Crippen LogP contribution in [0.3, 0.4) is 0 Å². The van der Waals surface area contributed by atoms with Gasteiger partial charge in [-0.2, -0.15) is 0 Å². The summed E-state index contributed by atoms with van der Waals surface area (Å²) in [6.45, 7) is 4.00. The normalized spacial score (nSPS) is 10.0. The van der Waals surface area contributed by atoms with Crippen molar-refractivity contribution in [2.24, 2.45) is 0 Å². The predicted molar refractivity (Wildman–Crippen MR) is 94.4 cm³/mol. The van der Waals surface area contributed by atoms with E-state index in [1.165, 1.54) is 37.6 Å². The molecular formula is C18H17FN2O5. The van der Waals surface area contributed by atoms with Crippen molar-refractivity contribution in [2.45, 2.75) is 13.8 Å². The van der Waals surface area contributed by atoms with Crippen LogP contribution in [0.15, 0.2) is 42.6 Å². The minimum atomic E-state index is -0.861. The molecule has 0 radical (unpaired) electrons. The van der Waals surface area contributed by atoms with Crippen molar-refractivity contribution in [3.8, 4) is 23.0 Å². The van der Waals surface area contributed by atoms with Gasteiger partial charge in [-0.15, -0.1) is 0 Å². The fourth-order valence-corrected chi connectivity index (χ4v) is 2.19. The van der Waals surface area contributed by atoms with Gasteiger partial charge in [-0.3, -0.25) is 15.1 Å². The molecule has 0 saturated heterocycles. The zero-order valence-corrected chi connectivity index (χ0v) is 14.4. The summed E-state index contributed by atoms with van der Waals surface area (Å²) in [7, 11) is 1.40. The van der Waals surface area contributed by atoms with E-state index in [-0.39, 0.29) is 28.7 Å². The van der Waals surface area contributed by atoms with Gasteiger partial charge in [0.25, 0.3) is 5.69 Å². The second-order valence-electron chi connectivity index (χ2n) is 4.82. The molecule has 0 aliphatic rings. The Morgan fingerprint density at radius 2 is 1.85 bits per heavy atom. The maximum absolute atomic E-state index is 14.0. The van der Waals surface area contributed by atoms with Gasteiger partial charge in [-0.05, 0) is 18.2 Å². The van der Waals surface area contributed by atoms with E-state index < -0.39 is 10.7 Å². The van der Waals surface area contributed by atoms with Crippen molar-refractivity contribution in [1.29, 1.82) is 0 Å². The first kappa shape index (κ1) is 18.9. The number of phenols is 1. The van der Waals surface area contributed by atoms with Crippen LogP contribution in [-0.4, -0.2) is 22.1 Å². The lowest BCUT2D eigenvalue weighted by Gasteiger charge is -2.11. The quantitative estimate of drug-likeness (QED) is 0.530. The Morgan fingerprint density at radius 1 is 1.12 bits per heavy atom. The Balaban J connectivity index is 0.00000117. The molecule has 0 unspecified atom stereocenters. The molecule has 0 bridgehead atoms. The van der Waals surface area contributed by atoms with E-state index in [0.29, 0.717) is 10.9 Å². The van der Waals surface area contributed by atoms with Crippen LogP contribution in [0.4, 0.5) is 10.1 Å². The van der Waals surface area contributed by atoms with E-state index in [1.54, 1.807) is 0 Å². The number of rotatable bonds is 4. The lowest BCUT2D eigenvalue weighted by molar-refractivity contribution is -0.385. The molecule has 1 aromatic heterocycles. The average Bonchev–Trinajstić information content (AvgIpc) is 2.64. The second kappa shape index (κ2) is 8.11. The van der Waals surface area contributed by atoms with Crippen molar-refractivity contribution < 1.29 is 23.9 Å². The number of hydrogen-bond donors (Lipinski definition) is 1. The number of phenolic OH excluding ortho intramolecular Hbond substituents is 1. The van der Waals surface area contributed by atoms with Crippen molar-refractivity contribution in [3.05, 3.63) is 58.5 Å². The fourth-order valence-electron chi connectivity index (χ4n) is 2.19. The van der Waals surface area contributed by atoms with Crippen LogP contribution in [0, 0.1) is 15.9 Å². The Morgan fingerprint density at radius 3 is 2.46 bits per heavy atom. The fraction of sp³-hybridized carbons (Fsp3) is 0.167. The molecule has 0 saturated carbocycles. The molecule has 0 aliphatic carbocycles. The van der Waals surface area contributed by atoms with Crippen LogP contribution >= 0.6 is 0 Å². The van der Waals surface area contributed by atoms with Crippen LogP contribution < -0.4 is 9.47 Å². The van der Waals surface area contributed by atoms with Gasteiger partial charge < -0.3 is 14.6 Å². The molecule has 0 atom stereocenters. The lowest BCUT2D eigenvalue weighted by Crippen LogP contribution is -1.94. The average molecular weight is 360 g/mol. The standard InChI is InChI=1S/C16H11FN2O5.C2H6/c1-23-16-7-10-12(8-13(16)20)18-5-4-14(10)24-15-3-2-9(19(21)22)6-11(15)17;1-2/h2-8,20H,1H3;1-2H3. The number of aromatic nitrogens is 1. The minimum absolute atomic E-state index is 0.0869. The number of pyridine rings is 1. The molecule has 7 nitrogen and oxygen atoms in total. The Kier molecular flexibility index (Phi) is 5.90. The monoisotopic (exact) mass is 360 g/mol. The summed E-state index contributed by atoms with van der Waals surface area (Å²) in [4.78, 5) is 14.1. The largest absolute Gasteiger partial charge is 0.504 e. The summed E-state index contributed by atoms with van der Waals surface area (Å²) in [6.07, 6.45) is 1.44. The van der Waals surface area contributed by atoms with Gasteiger partial charge in [0.05, 0.1) is 23.6 Å². The van der Waals surface area contributed by atoms with Gasteiger partial charge in [-0.25, -0.2) is 4.39 Å². The van der Waals surface area contributed by atoms with Crippen molar-refractivity contribution in [1.82, 2.24) is 4.98 Å². The van der Waals surface area contributed by atoms with E-state index in [4.69, 9.17) is 9.47 Å². The highest BCUT2D eigenvalue weighted by Crippen LogP contribution is 2.37. The van der Waals surface area contributed by atoms with Crippen molar-refractivity contribution in [3.63, 3.8) is 0 Å². The molecule has 1 N–H and O–H groups in total. The maximum atomic E-state index is 14.0. The van der Waals surface area contributed by atoms with Crippen LogP contribution in [0.1, 0.15) is 13.8 Å². The van der Waals surface area contributed by atoms with Crippen molar-refractivity contribution >= 4 is 16.6 Å². The lowest BCUT2D eigenvalue weighted by atomic mass is 10.2. The topological polar surface area (TPSA) is 94.7 Å². The number of ether oxygens (including phenoxy) is 2. The molecule has 3 rings (SSSR count). The third-order valence-corrected chi connectivity index (χ3v) is 3.35. The molecule has 0 amide bonds. The van der Waals surface area contributed by atoms with Crippen LogP contribution in [0.2, 0.25) is 0 Å². The number of aromatic hydroxyl groups is 1. The number of benzene rings is 2. The number of hydrogen-bond acceptors (Lipinski definition) is 6. The summed E-state index contributed by atoms with van der Waals surface area (Å²) in [5.74, 6) is -0.633. The highest BCUT2D eigenvalue weighted by atomic mass is 19.1. The molecule has 0 spiro atoms. The first-order chi connectivity index (χ1) is 12.5. The number of nitro benzene ring substituents is 1. The molecule has 0 fully saturated rings. The summed E-state index contributed by atoms with van der Waals surface area (Å²) in [5.41, 5.74) is 0.0548. The van der Waals surface area contributed by atoms with Gasteiger partial charge >= 0.3 is 0 Å². The van der Waals surface area contributed by atoms with E-state index >= 15 is 0 Å². The molecule has 0 aliphatic heterocycles. The third kappa shape index (κ3) is 3.80. The summed E-state index contributed by atoms with van der Waals surface area (Å²) in [6, 6.07) is 7.53. The maximum Gasteiger partial charge on any atom is 0.272 e. The number of nitro groups is 1. The highest BCUT2D eigenvalue weighted by Gasteiger charge is 2.15. The Labute approximate surface area is 148 Å². The van der Waals surface area contributed by atoms with Crippen LogP contribution in [0.25, 0.3) is 10.9 Å². The summed E-state index contributed by atoms with van der Waals surface area (Å²) in [5, 5.41) is 20.9. The number of fused-ring (bicyclic) bond motifs is 1. The number of nitrogens with zero attached hydrogens (tertiary/aromatic N) is 2. The van der Waals surface area contributed by atoms with Crippen LogP contribution in [0.5, 0.6) is 23.0 Å². The molecule has 2 aromatic carbocycles. The zero-order valence-electron chi connectivity index (χ0n) is 14.4. The smallest absolute Gasteiger partial charge is 0.272 e. The van der Waals surface area contributed by atoms with Gasteiger partial charge in [0.1, 0.15) is 5.75 Å². The SMILES string of the molecule is CC.COc1cc2c(Oc3ccc([N+](=O)[O-])cc3F)ccnc2cc1O. The van der Waals surface area contributed by atoms with Crippen LogP contribution in [-0.2, 0) is 0 Å². The molecule has 1 heterocycles. The predicted octanol–water partition coefficient (Wildman–Crippen LogP) is 4.81. The number of halogens is 1. The Hall–Kier alpha value is -3.42. The highest BCUT2D eigenvalue weighted by molar-refractivity contribution is 5.88. The molecule has 8 heteroatoms. The van der Waals surface area contributed by atoms with Gasteiger partial charge in [-0.1, -0.05) is 13.8 Å². The number of methoxy groups -OCH3 is 1. The van der Waals surface area contributed by atoms with E-state index in [1.807, 2.05) is 13.8 Å². The minimum Gasteiger partial charge on any atom is -0.504 e. The molecule has 26 heavy (non-hydrogen) atoms. The van der Waals surface area contributed by atoms with Crippen molar-refractivity contribution in [2.75, 3.05) is 7.11 Å². The van der Waals surface area contributed by atoms with E-state index in [9.17, 15) is 19.6 Å². The zero-order chi connectivity index (χ0) is 19.3. The molecular weight excluding hydrogens is 343 g/mol. The summed E-state index contributed by atoms with van der Waals surface area (Å²) >= 11 is 0. The Bertz CT molecular complexity index is 946. The third-order valence-electron chi connectivity index (χ3n) is 3.35. The molecule has 136 valence electrons. The first-order valence-corrected chi connectivity index (χ1v) is 7.77. The summed E-state index contributed by atoms with van der Waals surface area (Å²) < 4.78 is 24.6. The number of non-ortho nitro benzene ring substituents is 1. The van der Waals surface area contributed by atoms with E-state index in [2.05, 4.69) is 4.98 Å².